The van der Waals surface area contributed by atoms with Crippen molar-refractivity contribution in [3.05, 3.63) is 218 Å². The van der Waals surface area contributed by atoms with Gasteiger partial charge in [-0.3, -0.25) is 4.98 Å². The fourth-order valence-corrected chi connectivity index (χ4v) is 9.52. The van der Waals surface area contributed by atoms with Gasteiger partial charge in [-0.15, -0.1) is 0 Å². The Hall–Kier alpha value is -8.40. The Morgan fingerprint density at radius 1 is 0.365 bits per heavy atom. The minimum Gasteiger partial charge on any atom is -0.455 e. The number of rotatable bonds is 6. The first-order chi connectivity index (χ1) is 34.2. The van der Waals surface area contributed by atoms with Crippen LogP contribution in [0.25, 0.3) is 132 Å². The summed E-state index contributed by atoms with van der Waals surface area (Å²) in [5.41, 5.74) is 8.67. The van der Waals surface area contributed by atoms with Crippen molar-refractivity contribution in [2.45, 2.75) is 0 Å². The smallest absolute Gasteiger partial charge is 0.143 e. The van der Waals surface area contributed by atoms with Crippen molar-refractivity contribution in [2.24, 2.45) is 0 Å². The van der Waals surface area contributed by atoms with E-state index < -0.39 is 18.3 Å². The number of aromatic nitrogens is 2. The molecule has 13 aromatic rings. The number of benzene rings is 10. The van der Waals surface area contributed by atoms with Gasteiger partial charge in [-0.1, -0.05) is 194 Å². The lowest BCUT2D eigenvalue weighted by atomic mass is 9.88. The maximum Gasteiger partial charge on any atom is 0.143 e. The van der Waals surface area contributed by atoms with E-state index in [2.05, 4.69) is 132 Å². The maximum atomic E-state index is 9.17. The molecule has 13 rings (SSSR count). The molecule has 3 aromatic heterocycles. The molecule has 0 amide bonds. The highest BCUT2D eigenvalue weighted by atomic mass is 16.3. The number of hydrogen-bond acceptors (Lipinski definition) is 3. The summed E-state index contributed by atoms with van der Waals surface area (Å²) in [5.74, 6) is 1.54. The van der Waals surface area contributed by atoms with Crippen LogP contribution in [0, 0.1) is 0 Å². The Kier molecular flexibility index (Phi) is 6.48. The zero-order valence-electron chi connectivity index (χ0n) is 40.5. The van der Waals surface area contributed by atoms with E-state index in [-0.39, 0.29) is 51.7 Å². The van der Waals surface area contributed by atoms with Crippen LogP contribution in [0.5, 0.6) is 0 Å². The number of nitrogens with zero attached hydrogens (tertiary/aromatic N) is 2. The van der Waals surface area contributed by atoms with Gasteiger partial charge >= 0.3 is 0 Å². The molecule has 0 aliphatic carbocycles. The van der Waals surface area contributed by atoms with Gasteiger partial charge in [-0.2, -0.15) is 0 Å². The lowest BCUT2D eigenvalue weighted by molar-refractivity contribution is 0.599. The third-order valence-corrected chi connectivity index (χ3v) is 12.4. The minimum atomic E-state index is -0.467. The Bertz CT molecular complexity index is 4290. The summed E-state index contributed by atoms with van der Waals surface area (Å²) >= 11 is 0. The van der Waals surface area contributed by atoms with Crippen LogP contribution in [0.15, 0.2) is 223 Å². The predicted octanol–water partition coefficient (Wildman–Crippen LogP) is 16.4. The summed E-state index contributed by atoms with van der Waals surface area (Å²) in [6.07, 6.45) is -0.467. The molecule has 292 valence electrons. The normalized spacial score (nSPS) is 13.4. The molecule has 0 fully saturated rings. The number of hydrogen-bond donors (Lipinski definition) is 0. The van der Waals surface area contributed by atoms with E-state index in [1.165, 1.54) is 26.9 Å². The lowest BCUT2D eigenvalue weighted by Crippen LogP contribution is -1.91. The number of furan rings is 1. The highest BCUT2D eigenvalue weighted by Gasteiger charge is 2.27. The zero-order chi connectivity index (χ0) is 47.5. The van der Waals surface area contributed by atoms with Gasteiger partial charge in [0.25, 0.3) is 0 Å². The van der Waals surface area contributed by atoms with E-state index in [4.69, 9.17) is 17.6 Å². The molecule has 0 saturated carbocycles. The van der Waals surface area contributed by atoms with Crippen molar-refractivity contribution in [2.75, 3.05) is 0 Å². The summed E-state index contributed by atoms with van der Waals surface area (Å²) in [5, 5.41) is 8.70. The average molecular weight is 808 g/mol. The Balaban J connectivity index is 0.983. The van der Waals surface area contributed by atoms with Gasteiger partial charge in [0.2, 0.25) is 0 Å². The van der Waals surface area contributed by atoms with Crippen LogP contribution in [0.4, 0.5) is 0 Å². The first-order valence-corrected chi connectivity index (χ1v) is 20.9. The van der Waals surface area contributed by atoms with Crippen molar-refractivity contribution < 1.29 is 14.0 Å². The molecule has 0 N–H and O–H groups in total. The molecular weight excluding hydrogens is 765 g/mol. The van der Waals surface area contributed by atoms with Crippen LogP contribution < -0.4 is 0 Å². The van der Waals surface area contributed by atoms with Gasteiger partial charge in [0, 0.05) is 44.8 Å². The molecule has 0 spiro atoms. The maximum absolute atomic E-state index is 9.17. The SMILES string of the molecule is [2H]c1nc2c(c([2H])c1[2H])c([2H])c([2H])c1c([2H])c([2H])c(-c3ccc(-c4ccc(-c5oc(-c6ccc7ccc8cccc9ccc6c7c89)c(-c6ccccc6)c5-c5ccccc5)cc4)c4ccccc34)nc12. The van der Waals surface area contributed by atoms with Gasteiger partial charge in [0.15, 0.2) is 0 Å². The Morgan fingerprint density at radius 3 is 1.68 bits per heavy atom. The molecule has 0 radical (unpaired) electrons. The topological polar surface area (TPSA) is 38.9 Å². The summed E-state index contributed by atoms with van der Waals surface area (Å²) < 4.78 is 68.0. The molecule has 63 heavy (non-hydrogen) atoms. The third kappa shape index (κ3) is 5.60. The Morgan fingerprint density at radius 2 is 0.937 bits per heavy atom. The van der Waals surface area contributed by atoms with Gasteiger partial charge in [0.1, 0.15) is 11.5 Å². The van der Waals surface area contributed by atoms with Crippen LogP contribution in [-0.2, 0) is 0 Å². The van der Waals surface area contributed by atoms with Crippen molar-refractivity contribution >= 4 is 64.9 Å². The second-order valence-electron chi connectivity index (χ2n) is 15.9. The van der Waals surface area contributed by atoms with Crippen LogP contribution in [-0.4, -0.2) is 9.97 Å². The fraction of sp³-hybridized carbons (Fsp3) is 0. The summed E-state index contributed by atoms with van der Waals surface area (Å²) in [6, 6.07) is 58.6. The van der Waals surface area contributed by atoms with E-state index in [0.29, 0.717) is 5.56 Å². The summed E-state index contributed by atoms with van der Waals surface area (Å²) in [4.78, 5) is 9.10. The van der Waals surface area contributed by atoms with Crippen molar-refractivity contribution in [1.29, 1.82) is 0 Å². The highest BCUT2D eigenvalue weighted by molar-refractivity contribution is 6.26. The molecule has 3 heterocycles. The van der Waals surface area contributed by atoms with Crippen molar-refractivity contribution in [3.8, 4) is 67.3 Å². The van der Waals surface area contributed by atoms with E-state index in [1.54, 1.807) is 0 Å². The highest BCUT2D eigenvalue weighted by Crippen LogP contribution is 2.51. The van der Waals surface area contributed by atoms with Crippen LogP contribution in [0.1, 0.15) is 9.60 Å². The molecule has 10 aromatic carbocycles. The zero-order valence-corrected chi connectivity index (χ0v) is 33.5. The lowest BCUT2D eigenvalue weighted by Gasteiger charge is -2.14. The molecule has 0 aliphatic heterocycles. The number of pyridine rings is 2. The standard InChI is InChI=1S/C60H36N2O/c1-3-11-38(12-4-1)55-56(39-13-5-2-6-14-39)60(51-32-29-42-23-22-40-15-9-16-41-28-31-50(51)54(42)53(40)41)63-59(55)45-26-20-37(21-27-45)46-33-34-49(48-19-8-7-18-47(46)48)52-35-30-44-25-24-43-17-10-36-61-57(43)58(44)62-52/h1-36H/i10D,17D,24D,25D,30D,35D,36D. The molecule has 3 nitrogen and oxygen atoms in total. The molecule has 0 saturated heterocycles. The molecule has 3 heteroatoms. The second kappa shape index (κ2) is 14.1. The van der Waals surface area contributed by atoms with Gasteiger partial charge < -0.3 is 4.42 Å². The minimum absolute atomic E-state index is 0.0105. The fourth-order valence-electron chi connectivity index (χ4n) is 9.52. The van der Waals surface area contributed by atoms with Crippen LogP contribution in [0.3, 0.4) is 0 Å². The van der Waals surface area contributed by atoms with Crippen molar-refractivity contribution in [1.82, 2.24) is 9.97 Å². The first kappa shape index (κ1) is 29.0. The molecule has 0 unspecified atom stereocenters. The number of fused-ring (bicyclic) bond motifs is 4. The van der Waals surface area contributed by atoms with Gasteiger partial charge in [-0.05, 0) is 83.5 Å². The second-order valence-corrected chi connectivity index (χ2v) is 15.9. The monoisotopic (exact) mass is 807 g/mol. The largest absolute Gasteiger partial charge is 0.455 e. The quantitative estimate of drug-likeness (QED) is 0.157. The molecule has 0 aliphatic rings. The van der Waals surface area contributed by atoms with Crippen LogP contribution in [0.2, 0.25) is 0 Å². The van der Waals surface area contributed by atoms with E-state index in [1.807, 2.05) is 48.5 Å². The first-order valence-electron chi connectivity index (χ1n) is 24.4. The molecule has 0 bridgehead atoms. The van der Waals surface area contributed by atoms with Crippen LogP contribution >= 0.6 is 0 Å². The van der Waals surface area contributed by atoms with Gasteiger partial charge in [-0.25, -0.2) is 4.98 Å². The van der Waals surface area contributed by atoms with E-state index in [9.17, 15) is 1.37 Å². The average Bonchev–Trinajstić information content (AvgIpc) is 3.80. The molecule has 0 atom stereocenters. The summed E-state index contributed by atoms with van der Waals surface area (Å²) in [6.45, 7) is 0. The van der Waals surface area contributed by atoms with E-state index >= 15 is 0 Å². The third-order valence-electron chi connectivity index (χ3n) is 12.4. The van der Waals surface area contributed by atoms with Gasteiger partial charge in [0.05, 0.1) is 26.3 Å². The van der Waals surface area contributed by atoms with E-state index in [0.717, 1.165) is 72.2 Å². The van der Waals surface area contributed by atoms with Crippen molar-refractivity contribution in [3.63, 3.8) is 0 Å². The predicted molar refractivity (Wildman–Crippen MR) is 263 cm³/mol. The Labute approximate surface area is 373 Å². The summed E-state index contributed by atoms with van der Waals surface area (Å²) in [7, 11) is 0. The molecular formula is C60H36N2O.